The van der Waals surface area contributed by atoms with Crippen LogP contribution >= 0.6 is 0 Å². The standard InChI is InChI=1S/C12H17N/c13-12-7-6-11(9-12)8-10-4-2-1-3-5-10/h1-5,11-12H,6-9,13H2/t11-,12-/m1/s1. The van der Waals surface area contributed by atoms with Gasteiger partial charge in [0.2, 0.25) is 0 Å². The first-order valence-corrected chi connectivity index (χ1v) is 5.14. The molecule has 1 fully saturated rings. The zero-order valence-corrected chi connectivity index (χ0v) is 7.95. The number of benzene rings is 1. The molecule has 1 aromatic carbocycles. The molecule has 2 atom stereocenters. The lowest BCUT2D eigenvalue weighted by atomic mass is 9.98. The topological polar surface area (TPSA) is 26.0 Å². The van der Waals surface area contributed by atoms with Crippen LogP contribution in [-0.4, -0.2) is 6.04 Å². The summed E-state index contributed by atoms with van der Waals surface area (Å²) < 4.78 is 0. The average Bonchev–Trinajstić information content (AvgIpc) is 2.53. The van der Waals surface area contributed by atoms with Gasteiger partial charge in [0.25, 0.3) is 0 Å². The maximum atomic E-state index is 5.88. The van der Waals surface area contributed by atoms with Crippen molar-refractivity contribution in [2.45, 2.75) is 31.7 Å². The first kappa shape index (κ1) is 8.76. The van der Waals surface area contributed by atoms with Crippen molar-refractivity contribution in [3.8, 4) is 0 Å². The molecule has 0 amide bonds. The van der Waals surface area contributed by atoms with Crippen LogP contribution in [0.15, 0.2) is 30.3 Å². The number of hydrogen-bond acceptors (Lipinski definition) is 1. The highest BCUT2D eigenvalue weighted by Crippen LogP contribution is 2.27. The molecule has 1 aromatic rings. The molecule has 0 bridgehead atoms. The first-order chi connectivity index (χ1) is 6.34. The average molecular weight is 175 g/mol. The van der Waals surface area contributed by atoms with Gasteiger partial charge in [-0.25, -0.2) is 0 Å². The van der Waals surface area contributed by atoms with Gasteiger partial charge in [0, 0.05) is 6.04 Å². The van der Waals surface area contributed by atoms with Crippen LogP contribution < -0.4 is 5.73 Å². The zero-order chi connectivity index (χ0) is 9.10. The van der Waals surface area contributed by atoms with Crippen molar-refractivity contribution in [2.24, 2.45) is 11.7 Å². The molecular formula is C12H17N. The Hall–Kier alpha value is -0.820. The molecule has 2 N–H and O–H groups in total. The van der Waals surface area contributed by atoms with E-state index in [1.807, 2.05) is 0 Å². The molecule has 0 aromatic heterocycles. The largest absolute Gasteiger partial charge is 0.328 e. The van der Waals surface area contributed by atoms with E-state index in [0.717, 1.165) is 5.92 Å². The number of rotatable bonds is 2. The van der Waals surface area contributed by atoms with Crippen LogP contribution in [0.25, 0.3) is 0 Å². The van der Waals surface area contributed by atoms with Gasteiger partial charge in [0.1, 0.15) is 0 Å². The van der Waals surface area contributed by atoms with Crippen LogP contribution in [0.5, 0.6) is 0 Å². The van der Waals surface area contributed by atoms with Gasteiger partial charge in [-0.1, -0.05) is 30.3 Å². The van der Waals surface area contributed by atoms with Gasteiger partial charge < -0.3 is 5.73 Å². The van der Waals surface area contributed by atoms with Crippen LogP contribution in [-0.2, 0) is 6.42 Å². The minimum absolute atomic E-state index is 0.466. The summed E-state index contributed by atoms with van der Waals surface area (Å²) in [5.74, 6) is 0.831. The van der Waals surface area contributed by atoms with Crippen LogP contribution in [0.4, 0.5) is 0 Å². The molecule has 2 rings (SSSR count). The normalized spacial score (nSPS) is 27.8. The third-order valence-electron chi connectivity index (χ3n) is 2.95. The predicted octanol–water partition coefficient (Wildman–Crippen LogP) is 2.36. The van der Waals surface area contributed by atoms with Gasteiger partial charge in [0.15, 0.2) is 0 Å². The Morgan fingerprint density at radius 3 is 2.54 bits per heavy atom. The SMILES string of the molecule is N[C@@H]1CC[C@H](Cc2ccccc2)C1. The van der Waals surface area contributed by atoms with E-state index in [0.29, 0.717) is 6.04 Å². The van der Waals surface area contributed by atoms with E-state index < -0.39 is 0 Å². The fourth-order valence-electron chi connectivity index (χ4n) is 2.25. The molecule has 1 aliphatic carbocycles. The molecule has 1 saturated carbocycles. The summed E-state index contributed by atoms with van der Waals surface area (Å²) in [6.45, 7) is 0. The Kier molecular flexibility index (Phi) is 2.65. The lowest BCUT2D eigenvalue weighted by Gasteiger charge is -2.08. The molecular weight excluding hydrogens is 158 g/mol. The van der Waals surface area contributed by atoms with Gasteiger partial charge in [-0.15, -0.1) is 0 Å². The second-order valence-electron chi connectivity index (χ2n) is 4.13. The number of nitrogens with two attached hydrogens (primary N) is 1. The van der Waals surface area contributed by atoms with Gasteiger partial charge in [-0.05, 0) is 37.2 Å². The molecule has 13 heavy (non-hydrogen) atoms. The maximum absolute atomic E-state index is 5.88. The van der Waals surface area contributed by atoms with Crippen molar-refractivity contribution in [3.63, 3.8) is 0 Å². The first-order valence-electron chi connectivity index (χ1n) is 5.14. The predicted molar refractivity (Wildman–Crippen MR) is 55.5 cm³/mol. The summed E-state index contributed by atoms with van der Waals surface area (Å²) >= 11 is 0. The lowest BCUT2D eigenvalue weighted by Crippen LogP contribution is -2.15. The molecule has 0 radical (unpaired) electrons. The van der Waals surface area contributed by atoms with E-state index >= 15 is 0 Å². The second-order valence-corrected chi connectivity index (χ2v) is 4.13. The summed E-state index contributed by atoms with van der Waals surface area (Å²) in [6, 6.07) is 11.2. The van der Waals surface area contributed by atoms with Crippen LogP contribution in [0.3, 0.4) is 0 Å². The van der Waals surface area contributed by atoms with Gasteiger partial charge in [-0.2, -0.15) is 0 Å². The molecule has 0 unspecified atom stereocenters. The summed E-state index contributed by atoms with van der Waals surface area (Å²) in [4.78, 5) is 0. The third kappa shape index (κ3) is 2.31. The van der Waals surface area contributed by atoms with Crippen molar-refractivity contribution < 1.29 is 0 Å². The fraction of sp³-hybridized carbons (Fsp3) is 0.500. The Bertz CT molecular complexity index is 255. The quantitative estimate of drug-likeness (QED) is 0.733. The van der Waals surface area contributed by atoms with Crippen LogP contribution in [0, 0.1) is 5.92 Å². The zero-order valence-electron chi connectivity index (χ0n) is 7.95. The van der Waals surface area contributed by atoms with Crippen molar-refractivity contribution in [2.75, 3.05) is 0 Å². The van der Waals surface area contributed by atoms with Crippen molar-refractivity contribution in [3.05, 3.63) is 35.9 Å². The van der Waals surface area contributed by atoms with Gasteiger partial charge in [0.05, 0.1) is 0 Å². The fourth-order valence-corrected chi connectivity index (χ4v) is 2.25. The van der Waals surface area contributed by atoms with E-state index in [4.69, 9.17) is 5.73 Å². The molecule has 0 aliphatic heterocycles. The van der Waals surface area contributed by atoms with E-state index in [9.17, 15) is 0 Å². The van der Waals surface area contributed by atoms with Crippen molar-refractivity contribution in [1.29, 1.82) is 0 Å². The van der Waals surface area contributed by atoms with E-state index in [-0.39, 0.29) is 0 Å². The Morgan fingerprint density at radius 2 is 1.92 bits per heavy atom. The summed E-state index contributed by atoms with van der Waals surface area (Å²) in [5, 5.41) is 0. The van der Waals surface area contributed by atoms with Crippen LogP contribution in [0.1, 0.15) is 24.8 Å². The monoisotopic (exact) mass is 175 g/mol. The smallest absolute Gasteiger partial charge is 0.00416 e. The molecule has 0 saturated heterocycles. The highest BCUT2D eigenvalue weighted by Gasteiger charge is 2.21. The molecule has 0 spiro atoms. The molecule has 1 nitrogen and oxygen atoms in total. The van der Waals surface area contributed by atoms with E-state index in [2.05, 4.69) is 30.3 Å². The summed E-state index contributed by atoms with van der Waals surface area (Å²) in [6.07, 6.45) is 4.97. The van der Waals surface area contributed by atoms with Crippen molar-refractivity contribution in [1.82, 2.24) is 0 Å². The number of hydrogen-bond donors (Lipinski definition) is 1. The highest BCUT2D eigenvalue weighted by atomic mass is 14.6. The van der Waals surface area contributed by atoms with Crippen molar-refractivity contribution >= 4 is 0 Å². The lowest BCUT2D eigenvalue weighted by molar-refractivity contribution is 0.535. The highest BCUT2D eigenvalue weighted by molar-refractivity contribution is 5.15. The minimum Gasteiger partial charge on any atom is -0.328 e. The van der Waals surface area contributed by atoms with E-state index in [1.54, 1.807) is 0 Å². The Morgan fingerprint density at radius 1 is 1.15 bits per heavy atom. The molecule has 0 heterocycles. The second kappa shape index (κ2) is 3.93. The minimum atomic E-state index is 0.466. The Balaban J connectivity index is 1.92. The van der Waals surface area contributed by atoms with Gasteiger partial charge >= 0.3 is 0 Å². The Labute approximate surface area is 80.0 Å². The molecule has 70 valence electrons. The molecule has 1 aliphatic rings. The maximum Gasteiger partial charge on any atom is 0.00416 e. The third-order valence-corrected chi connectivity index (χ3v) is 2.95. The van der Waals surface area contributed by atoms with Gasteiger partial charge in [-0.3, -0.25) is 0 Å². The van der Waals surface area contributed by atoms with Crippen LogP contribution in [0.2, 0.25) is 0 Å². The van der Waals surface area contributed by atoms with E-state index in [1.165, 1.54) is 31.2 Å². The molecule has 1 heteroatoms. The summed E-state index contributed by atoms with van der Waals surface area (Å²) in [7, 11) is 0. The summed E-state index contributed by atoms with van der Waals surface area (Å²) in [5.41, 5.74) is 7.34.